The number of hydrazone groups is 1. The van der Waals surface area contributed by atoms with Gasteiger partial charge in [0.2, 0.25) is 0 Å². The molecule has 34 heavy (non-hydrogen) atoms. The van der Waals surface area contributed by atoms with Gasteiger partial charge in [0.15, 0.2) is 11.5 Å². The number of fused-ring (bicyclic) bond motifs is 2. The molecule has 0 saturated carbocycles. The highest BCUT2D eigenvalue weighted by Crippen LogP contribution is 2.26. The number of aryl methyl sites for hydroxylation is 1. The second-order valence-corrected chi connectivity index (χ2v) is 8.42. The predicted octanol–water partition coefficient (Wildman–Crippen LogP) is 4.47. The molecule has 0 radical (unpaired) electrons. The fourth-order valence-corrected chi connectivity index (χ4v) is 4.27. The molecule has 0 aliphatic carbocycles. The lowest BCUT2D eigenvalue weighted by Crippen LogP contribution is -2.37. The van der Waals surface area contributed by atoms with Gasteiger partial charge in [-0.05, 0) is 13.0 Å². The molecule has 3 aromatic heterocycles. The van der Waals surface area contributed by atoms with Gasteiger partial charge in [0.05, 0.1) is 25.1 Å². The predicted molar refractivity (Wildman–Crippen MR) is 136 cm³/mol. The smallest absolute Gasteiger partial charge is 0.160 e. The molecule has 2 aromatic carbocycles. The van der Waals surface area contributed by atoms with Crippen LogP contribution in [0.4, 0.5) is 11.6 Å². The molecule has 0 spiro atoms. The number of aromatic nitrogens is 4. The zero-order valence-corrected chi connectivity index (χ0v) is 18.9. The number of morpholine rings is 1. The lowest BCUT2D eigenvalue weighted by atomic mass is 10.1. The van der Waals surface area contributed by atoms with Crippen LogP contribution in [0.5, 0.6) is 0 Å². The van der Waals surface area contributed by atoms with Gasteiger partial charge >= 0.3 is 0 Å². The van der Waals surface area contributed by atoms with Gasteiger partial charge in [-0.25, -0.2) is 4.98 Å². The van der Waals surface area contributed by atoms with E-state index in [-0.39, 0.29) is 0 Å². The maximum absolute atomic E-state index is 5.56. The molecular weight excluding hydrogens is 426 g/mol. The Morgan fingerprint density at radius 3 is 2.74 bits per heavy atom. The van der Waals surface area contributed by atoms with E-state index in [1.165, 1.54) is 5.56 Å². The van der Waals surface area contributed by atoms with Crippen LogP contribution in [0.1, 0.15) is 11.1 Å². The zero-order valence-electron chi connectivity index (χ0n) is 18.9. The maximum Gasteiger partial charge on any atom is 0.160 e. The fraction of sp³-hybridized carbons (Fsp3) is 0.192. The number of rotatable bonds is 5. The average Bonchev–Trinajstić information content (AvgIpc) is 3.49. The van der Waals surface area contributed by atoms with Crippen molar-refractivity contribution >= 4 is 34.4 Å². The summed E-state index contributed by atoms with van der Waals surface area (Å²) in [6.45, 7) is 5.07. The molecule has 0 amide bonds. The number of hydrogen-bond acceptors (Lipinski definition) is 6. The molecule has 1 aliphatic rings. The minimum absolute atomic E-state index is 0.667. The molecule has 0 bridgehead atoms. The Balaban J connectivity index is 1.36. The number of benzene rings is 2. The average molecular weight is 452 g/mol. The number of ether oxygens (including phenoxy) is 1. The highest BCUT2D eigenvalue weighted by Gasteiger charge is 2.18. The maximum atomic E-state index is 5.56. The van der Waals surface area contributed by atoms with Crippen LogP contribution in [-0.2, 0) is 4.74 Å². The van der Waals surface area contributed by atoms with E-state index in [9.17, 15) is 0 Å². The second kappa shape index (κ2) is 8.64. The third-order valence-electron chi connectivity index (χ3n) is 6.09. The van der Waals surface area contributed by atoms with Crippen molar-refractivity contribution in [3.63, 3.8) is 0 Å². The molecule has 1 saturated heterocycles. The first-order valence-corrected chi connectivity index (χ1v) is 11.4. The summed E-state index contributed by atoms with van der Waals surface area (Å²) in [6, 6.07) is 20.6. The van der Waals surface area contributed by atoms with Crippen LogP contribution in [0.15, 0.2) is 72.0 Å². The first-order valence-electron chi connectivity index (χ1n) is 11.4. The van der Waals surface area contributed by atoms with Gasteiger partial charge in [0.25, 0.3) is 0 Å². The molecule has 2 N–H and O–H groups in total. The molecular formula is C26H25N7O. The van der Waals surface area contributed by atoms with Crippen molar-refractivity contribution in [1.29, 1.82) is 0 Å². The summed E-state index contributed by atoms with van der Waals surface area (Å²) < 4.78 is 7.47. The molecule has 0 atom stereocenters. The first kappa shape index (κ1) is 20.4. The van der Waals surface area contributed by atoms with Crippen LogP contribution in [-0.4, -0.2) is 52.1 Å². The van der Waals surface area contributed by atoms with E-state index in [2.05, 4.69) is 63.7 Å². The van der Waals surface area contributed by atoms with Gasteiger partial charge in [-0.3, -0.25) is 5.43 Å². The molecule has 1 fully saturated rings. The second-order valence-electron chi connectivity index (χ2n) is 8.42. The fourth-order valence-electron chi connectivity index (χ4n) is 4.27. The van der Waals surface area contributed by atoms with Gasteiger partial charge in [0, 0.05) is 53.4 Å². The number of anilines is 2. The molecule has 5 aromatic rings. The van der Waals surface area contributed by atoms with E-state index in [1.807, 2.05) is 41.2 Å². The summed E-state index contributed by atoms with van der Waals surface area (Å²) in [7, 11) is 0. The van der Waals surface area contributed by atoms with Crippen LogP contribution in [0, 0.1) is 6.92 Å². The van der Waals surface area contributed by atoms with Crippen molar-refractivity contribution in [2.45, 2.75) is 6.92 Å². The highest BCUT2D eigenvalue weighted by atomic mass is 16.5. The van der Waals surface area contributed by atoms with E-state index in [0.717, 1.165) is 52.3 Å². The summed E-state index contributed by atoms with van der Waals surface area (Å²) in [4.78, 5) is 10.3. The van der Waals surface area contributed by atoms with Crippen LogP contribution in [0.25, 0.3) is 27.8 Å². The van der Waals surface area contributed by atoms with E-state index in [1.54, 1.807) is 0 Å². The molecule has 0 unspecified atom stereocenters. The number of H-pyrrole nitrogens is 1. The topological polar surface area (TPSA) is 82.8 Å². The lowest BCUT2D eigenvalue weighted by Gasteiger charge is -2.29. The van der Waals surface area contributed by atoms with Gasteiger partial charge in [0.1, 0.15) is 5.82 Å². The van der Waals surface area contributed by atoms with Crippen molar-refractivity contribution in [2.24, 2.45) is 5.10 Å². The summed E-state index contributed by atoms with van der Waals surface area (Å²) in [5, 5.41) is 10.5. The number of para-hydroxylation sites is 1. The molecule has 8 nitrogen and oxygen atoms in total. The van der Waals surface area contributed by atoms with Gasteiger partial charge in [-0.2, -0.15) is 14.7 Å². The van der Waals surface area contributed by atoms with E-state index in [4.69, 9.17) is 14.8 Å². The van der Waals surface area contributed by atoms with Crippen molar-refractivity contribution in [3.8, 4) is 11.3 Å². The van der Waals surface area contributed by atoms with Crippen molar-refractivity contribution in [1.82, 2.24) is 19.6 Å². The minimum atomic E-state index is 0.667. The Bertz CT molecular complexity index is 1480. The molecule has 4 heterocycles. The van der Waals surface area contributed by atoms with E-state index >= 15 is 0 Å². The van der Waals surface area contributed by atoms with Gasteiger partial charge in [-0.1, -0.05) is 48.0 Å². The molecule has 1 aliphatic heterocycles. The number of nitrogens with one attached hydrogen (secondary N) is 2. The van der Waals surface area contributed by atoms with Crippen molar-refractivity contribution < 1.29 is 4.74 Å². The third-order valence-corrected chi connectivity index (χ3v) is 6.09. The SMILES string of the molecule is Cc1ccc(-c2cc3nc(NN=Cc4c[nH]c5ccccc45)cc(N4CCOCC4)n3n2)cc1. The van der Waals surface area contributed by atoms with Crippen LogP contribution in [0.2, 0.25) is 0 Å². The number of hydrogen-bond donors (Lipinski definition) is 2. The Kier molecular flexibility index (Phi) is 5.20. The van der Waals surface area contributed by atoms with Crippen LogP contribution < -0.4 is 10.3 Å². The number of aromatic amines is 1. The lowest BCUT2D eigenvalue weighted by molar-refractivity contribution is 0.122. The molecule has 8 heteroatoms. The third kappa shape index (κ3) is 3.88. The Morgan fingerprint density at radius 1 is 1.06 bits per heavy atom. The molecule has 170 valence electrons. The number of nitrogens with zero attached hydrogens (tertiary/aromatic N) is 5. The minimum Gasteiger partial charge on any atom is -0.378 e. The van der Waals surface area contributed by atoms with Crippen molar-refractivity contribution in [2.75, 3.05) is 36.6 Å². The van der Waals surface area contributed by atoms with Gasteiger partial charge in [-0.15, -0.1) is 0 Å². The zero-order chi connectivity index (χ0) is 22.9. The largest absolute Gasteiger partial charge is 0.378 e. The quantitative estimate of drug-likeness (QED) is 0.304. The summed E-state index contributed by atoms with van der Waals surface area (Å²) >= 11 is 0. The van der Waals surface area contributed by atoms with Crippen LogP contribution >= 0.6 is 0 Å². The Labute approximate surface area is 196 Å². The summed E-state index contributed by atoms with van der Waals surface area (Å²) in [5.41, 5.74) is 9.17. The normalized spacial score (nSPS) is 14.4. The van der Waals surface area contributed by atoms with E-state index in [0.29, 0.717) is 19.0 Å². The summed E-state index contributed by atoms with van der Waals surface area (Å²) in [6.07, 6.45) is 3.77. The monoisotopic (exact) mass is 451 g/mol. The van der Waals surface area contributed by atoms with E-state index < -0.39 is 0 Å². The Morgan fingerprint density at radius 2 is 1.88 bits per heavy atom. The van der Waals surface area contributed by atoms with Crippen LogP contribution in [0.3, 0.4) is 0 Å². The van der Waals surface area contributed by atoms with Crippen molar-refractivity contribution in [3.05, 3.63) is 78.0 Å². The standard InChI is InChI=1S/C26H25N7O/c1-18-6-8-19(9-7-18)23-14-25-29-24(15-26(33(25)31-23)32-10-12-34-13-11-32)30-28-17-20-16-27-22-5-3-2-4-21(20)22/h2-9,14-17,27H,10-13H2,1H3,(H,29,30). The highest BCUT2D eigenvalue weighted by molar-refractivity contribution is 5.99. The van der Waals surface area contributed by atoms with Gasteiger partial charge < -0.3 is 14.6 Å². The summed E-state index contributed by atoms with van der Waals surface area (Å²) in [5.74, 6) is 1.64. The Hall–Kier alpha value is -4.17. The first-order chi connectivity index (χ1) is 16.7. The molecule has 6 rings (SSSR count).